The molecule has 2 atom stereocenters. The van der Waals surface area contributed by atoms with Crippen LogP contribution >= 0.6 is 0 Å². The summed E-state index contributed by atoms with van der Waals surface area (Å²) in [5.74, 6) is -0.333. The second kappa shape index (κ2) is 4.93. The van der Waals surface area contributed by atoms with E-state index in [0.717, 1.165) is 0 Å². The van der Waals surface area contributed by atoms with Crippen LogP contribution in [0.15, 0.2) is 24.3 Å². The van der Waals surface area contributed by atoms with Gasteiger partial charge < -0.3 is 10.8 Å². The Morgan fingerprint density at radius 3 is 2.50 bits per heavy atom. The number of benzene rings is 1. The van der Waals surface area contributed by atoms with Gasteiger partial charge in [-0.05, 0) is 29.5 Å². The first-order chi connectivity index (χ1) is 7.30. The summed E-state index contributed by atoms with van der Waals surface area (Å²) in [5.41, 5.74) is 6.50. The second-order valence-electron chi connectivity index (χ2n) is 5.28. The van der Waals surface area contributed by atoms with Crippen LogP contribution in [0.1, 0.15) is 38.9 Å². The van der Waals surface area contributed by atoms with E-state index in [4.69, 9.17) is 5.73 Å². The standard InChI is InChI=1S/C13H20FNO/c1-13(2,3)12(15)8-11(16)9-5-4-6-10(14)7-9/h4-7,11-12,16H,8,15H2,1-3H3/t11-,12+/m1/s1. The molecule has 0 saturated heterocycles. The molecule has 0 aliphatic heterocycles. The van der Waals surface area contributed by atoms with Crippen molar-refractivity contribution in [2.24, 2.45) is 11.1 Å². The van der Waals surface area contributed by atoms with Gasteiger partial charge in [0.15, 0.2) is 0 Å². The quantitative estimate of drug-likeness (QED) is 0.830. The van der Waals surface area contributed by atoms with E-state index in [0.29, 0.717) is 12.0 Å². The van der Waals surface area contributed by atoms with Crippen molar-refractivity contribution in [1.29, 1.82) is 0 Å². The Balaban J connectivity index is 2.69. The van der Waals surface area contributed by atoms with Gasteiger partial charge in [-0.3, -0.25) is 0 Å². The SMILES string of the molecule is CC(C)(C)[C@@H](N)C[C@@H](O)c1cccc(F)c1. The highest BCUT2D eigenvalue weighted by molar-refractivity contribution is 5.19. The zero-order valence-corrected chi connectivity index (χ0v) is 10.1. The van der Waals surface area contributed by atoms with Gasteiger partial charge >= 0.3 is 0 Å². The number of hydrogen-bond donors (Lipinski definition) is 2. The molecule has 1 rings (SSSR count). The highest BCUT2D eigenvalue weighted by atomic mass is 19.1. The summed E-state index contributed by atoms with van der Waals surface area (Å²) >= 11 is 0. The van der Waals surface area contributed by atoms with E-state index in [9.17, 15) is 9.50 Å². The predicted molar refractivity (Wildman–Crippen MR) is 63.4 cm³/mol. The summed E-state index contributed by atoms with van der Waals surface area (Å²) in [5, 5.41) is 9.93. The molecule has 0 amide bonds. The maximum Gasteiger partial charge on any atom is 0.123 e. The van der Waals surface area contributed by atoms with Crippen LogP contribution in [0, 0.1) is 11.2 Å². The number of aliphatic hydroxyl groups is 1. The third-order valence-corrected chi connectivity index (χ3v) is 2.82. The van der Waals surface area contributed by atoms with Crippen LogP contribution in [-0.2, 0) is 0 Å². The lowest BCUT2D eigenvalue weighted by molar-refractivity contribution is 0.133. The zero-order valence-electron chi connectivity index (χ0n) is 10.1. The molecule has 0 unspecified atom stereocenters. The molecule has 0 radical (unpaired) electrons. The molecule has 0 aliphatic rings. The fraction of sp³-hybridized carbons (Fsp3) is 0.538. The molecule has 1 aromatic rings. The van der Waals surface area contributed by atoms with Crippen LogP contribution in [0.3, 0.4) is 0 Å². The second-order valence-corrected chi connectivity index (χ2v) is 5.28. The Labute approximate surface area is 96.3 Å². The number of rotatable bonds is 3. The average molecular weight is 225 g/mol. The third kappa shape index (κ3) is 3.58. The van der Waals surface area contributed by atoms with Gasteiger partial charge in [0.2, 0.25) is 0 Å². The number of nitrogens with two attached hydrogens (primary N) is 1. The maximum atomic E-state index is 13.0. The highest BCUT2D eigenvalue weighted by Gasteiger charge is 2.23. The van der Waals surface area contributed by atoms with Gasteiger partial charge in [-0.25, -0.2) is 4.39 Å². The predicted octanol–water partition coefficient (Wildman–Crippen LogP) is 2.62. The summed E-state index contributed by atoms with van der Waals surface area (Å²) in [7, 11) is 0. The summed E-state index contributed by atoms with van der Waals surface area (Å²) in [4.78, 5) is 0. The van der Waals surface area contributed by atoms with Gasteiger partial charge in [0, 0.05) is 6.04 Å². The Hall–Kier alpha value is -0.930. The normalized spacial score (nSPS) is 15.9. The van der Waals surface area contributed by atoms with Crippen molar-refractivity contribution in [1.82, 2.24) is 0 Å². The van der Waals surface area contributed by atoms with Gasteiger partial charge in [0.25, 0.3) is 0 Å². The fourth-order valence-corrected chi connectivity index (χ4v) is 1.44. The summed E-state index contributed by atoms with van der Waals surface area (Å²) in [6, 6.07) is 5.89. The van der Waals surface area contributed by atoms with Crippen molar-refractivity contribution < 1.29 is 9.50 Å². The van der Waals surface area contributed by atoms with Crippen molar-refractivity contribution in [3.05, 3.63) is 35.6 Å². The first-order valence-corrected chi connectivity index (χ1v) is 5.50. The van der Waals surface area contributed by atoms with Gasteiger partial charge in [0.1, 0.15) is 5.82 Å². The largest absolute Gasteiger partial charge is 0.388 e. The van der Waals surface area contributed by atoms with E-state index < -0.39 is 6.10 Å². The zero-order chi connectivity index (χ0) is 12.3. The van der Waals surface area contributed by atoms with E-state index in [1.807, 2.05) is 20.8 Å². The lowest BCUT2D eigenvalue weighted by atomic mass is 9.83. The average Bonchev–Trinajstić information content (AvgIpc) is 2.16. The van der Waals surface area contributed by atoms with Gasteiger partial charge in [-0.15, -0.1) is 0 Å². The molecule has 0 bridgehead atoms. The van der Waals surface area contributed by atoms with Gasteiger partial charge in [-0.1, -0.05) is 32.9 Å². The molecule has 0 saturated carbocycles. The topological polar surface area (TPSA) is 46.2 Å². The van der Waals surface area contributed by atoms with E-state index in [1.54, 1.807) is 12.1 Å². The summed E-state index contributed by atoms with van der Waals surface area (Å²) < 4.78 is 13.0. The molecule has 2 nitrogen and oxygen atoms in total. The number of halogens is 1. The molecule has 0 aliphatic carbocycles. The van der Waals surface area contributed by atoms with E-state index in [1.165, 1.54) is 12.1 Å². The van der Waals surface area contributed by atoms with Gasteiger partial charge in [0.05, 0.1) is 6.10 Å². The van der Waals surface area contributed by atoms with Crippen molar-refractivity contribution in [2.75, 3.05) is 0 Å². The molecule has 16 heavy (non-hydrogen) atoms. The van der Waals surface area contributed by atoms with Crippen LogP contribution in [0.25, 0.3) is 0 Å². The lowest BCUT2D eigenvalue weighted by Crippen LogP contribution is -2.36. The molecule has 0 aromatic heterocycles. The highest BCUT2D eigenvalue weighted by Crippen LogP contribution is 2.26. The monoisotopic (exact) mass is 225 g/mol. The van der Waals surface area contributed by atoms with Crippen LogP contribution in [0.5, 0.6) is 0 Å². The van der Waals surface area contributed by atoms with E-state index in [-0.39, 0.29) is 17.3 Å². The number of hydrogen-bond acceptors (Lipinski definition) is 2. The summed E-state index contributed by atoms with van der Waals surface area (Å²) in [6.07, 6.45) is -0.266. The maximum absolute atomic E-state index is 13.0. The summed E-state index contributed by atoms with van der Waals surface area (Å²) in [6.45, 7) is 6.07. The Kier molecular flexibility index (Phi) is 4.05. The van der Waals surface area contributed by atoms with Crippen molar-refractivity contribution >= 4 is 0 Å². The van der Waals surface area contributed by atoms with Crippen molar-refractivity contribution in [3.8, 4) is 0 Å². The lowest BCUT2D eigenvalue weighted by Gasteiger charge is -2.29. The molecule has 3 N–H and O–H groups in total. The molecular weight excluding hydrogens is 205 g/mol. The fourth-order valence-electron chi connectivity index (χ4n) is 1.44. The first-order valence-electron chi connectivity index (χ1n) is 5.50. The Bertz CT molecular complexity index is 346. The minimum absolute atomic E-state index is 0.0612. The molecule has 1 aromatic carbocycles. The molecule has 90 valence electrons. The minimum Gasteiger partial charge on any atom is -0.388 e. The third-order valence-electron chi connectivity index (χ3n) is 2.82. The molecule has 0 fully saturated rings. The van der Waals surface area contributed by atoms with Crippen LogP contribution in [0.2, 0.25) is 0 Å². The Morgan fingerprint density at radius 2 is 2.00 bits per heavy atom. The first kappa shape index (κ1) is 13.1. The van der Waals surface area contributed by atoms with E-state index in [2.05, 4.69) is 0 Å². The number of aliphatic hydroxyl groups excluding tert-OH is 1. The van der Waals surface area contributed by atoms with Crippen LogP contribution in [0.4, 0.5) is 4.39 Å². The molecule has 0 spiro atoms. The smallest absolute Gasteiger partial charge is 0.123 e. The molecule has 0 heterocycles. The van der Waals surface area contributed by atoms with E-state index >= 15 is 0 Å². The molecule has 3 heteroatoms. The minimum atomic E-state index is -0.704. The van der Waals surface area contributed by atoms with Crippen molar-refractivity contribution in [3.63, 3.8) is 0 Å². The van der Waals surface area contributed by atoms with Crippen LogP contribution in [-0.4, -0.2) is 11.1 Å². The van der Waals surface area contributed by atoms with Crippen molar-refractivity contribution in [2.45, 2.75) is 39.3 Å². The molecular formula is C13H20FNO. The van der Waals surface area contributed by atoms with Crippen LogP contribution < -0.4 is 5.73 Å². The Morgan fingerprint density at radius 1 is 1.38 bits per heavy atom. The van der Waals surface area contributed by atoms with Gasteiger partial charge in [-0.2, -0.15) is 0 Å².